The van der Waals surface area contributed by atoms with Gasteiger partial charge in [0.25, 0.3) is 0 Å². The number of nitrogens with zero attached hydrogens (tertiary/aromatic N) is 5. The summed E-state index contributed by atoms with van der Waals surface area (Å²) in [7, 11) is 2.08. The van der Waals surface area contributed by atoms with Gasteiger partial charge in [0.05, 0.1) is 0 Å². The van der Waals surface area contributed by atoms with Gasteiger partial charge < -0.3 is 15.0 Å². The zero-order chi connectivity index (χ0) is 20.3. The van der Waals surface area contributed by atoms with E-state index in [4.69, 9.17) is 9.72 Å². The van der Waals surface area contributed by atoms with Crippen LogP contribution in [-0.2, 0) is 11.3 Å². The number of fused-ring (bicyclic) bond motifs is 1. The molecule has 8 heteroatoms. The monoisotopic (exact) mass is 404 g/mol. The zero-order valence-electron chi connectivity index (χ0n) is 17.6. The first-order chi connectivity index (χ1) is 14.8. The van der Waals surface area contributed by atoms with Crippen LogP contribution in [0.5, 0.6) is 0 Å². The van der Waals surface area contributed by atoms with Crippen LogP contribution in [0.2, 0.25) is 0 Å². The van der Waals surface area contributed by atoms with E-state index in [2.05, 4.69) is 40.3 Å². The third kappa shape index (κ3) is 4.07. The van der Waals surface area contributed by atoms with Crippen molar-refractivity contribution in [3.05, 3.63) is 48.0 Å². The lowest BCUT2D eigenvalue weighted by Gasteiger charge is -2.39. The minimum Gasteiger partial charge on any atom is -0.381 e. The molecule has 5 rings (SSSR count). The number of anilines is 1. The van der Waals surface area contributed by atoms with E-state index in [0.717, 1.165) is 61.6 Å². The van der Waals surface area contributed by atoms with E-state index in [0.29, 0.717) is 18.5 Å². The number of piperidine rings is 1. The summed E-state index contributed by atoms with van der Waals surface area (Å²) in [6, 6.07) is 6.95. The van der Waals surface area contributed by atoms with Crippen molar-refractivity contribution in [3.8, 4) is 0 Å². The highest BCUT2D eigenvalue weighted by Crippen LogP contribution is 2.31. The topological polar surface area (TPSA) is 67.6 Å². The van der Waals surface area contributed by atoms with Gasteiger partial charge >= 0.3 is 0 Å². The minimum atomic E-state index is 0.499. The van der Waals surface area contributed by atoms with Crippen LogP contribution in [0.15, 0.2) is 36.8 Å². The second kappa shape index (κ2) is 8.74. The van der Waals surface area contributed by atoms with E-state index in [1.54, 1.807) is 6.20 Å². The number of likely N-dealkylation sites (tertiary alicyclic amines) is 1. The largest absolute Gasteiger partial charge is 0.381 e. The Morgan fingerprint density at radius 2 is 1.97 bits per heavy atom. The van der Waals surface area contributed by atoms with Crippen LogP contribution >= 0.6 is 0 Å². The minimum absolute atomic E-state index is 0.499. The second-order valence-electron chi connectivity index (χ2n) is 8.50. The quantitative estimate of drug-likeness (QED) is 0.648. The summed E-state index contributed by atoms with van der Waals surface area (Å²) in [6.45, 7) is 4.84. The summed E-state index contributed by atoms with van der Waals surface area (Å²) >= 11 is 0. The molecular weight excluding hydrogens is 375 g/mol. The second-order valence-corrected chi connectivity index (χ2v) is 8.50. The average molecular weight is 404 g/mol. The molecule has 2 saturated heterocycles. The number of ether oxygens (including phenoxy) is 1. The molecule has 7 nitrogen and oxygen atoms in total. The Bertz CT molecular complexity index is 980. The van der Waals surface area contributed by atoms with E-state index in [9.17, 15) is 0 Å². The van der Waals surface area contributed by atoms with E-state index in [1.807, 2.05) is 23.0 Å². The lowest BCUT2D eigenvalue weighted by molar-refractivity contribution is 0.0250. The molecule has 0 atom stereocenters. The van der Waals surface area contributed by atoms with E-state index < -0.39 is 0 Å². The normalized spacial score (nSPS) is 19.3. The van der Waals surface area contributed by atoms with Crippen LogP contribution in [0.4, 0.5) is 5.82 Å². The molecule has 1 N–H and O–H groups in total. The van der Waals surface area contributed by atoms with Gasteiger partial charge in [-0.25, -0.2) is 4.98 Å². The first-order valence-corrected chi connectivity index (χ1v) is 11.1. The molecule has 0 amide bonds. The van der Waals surface area contributed by atoms with E-state index >= 15 is 0 Å². The molecule has 2 aliphatic rings. The van der Waals surface area contributed by atoms with Gasteiger partial charge in [-0.1, -0.05) is 6.07 Å². The maximum absolute atomic E-state index is 5.54. The third-order valence-electron chi connectivity index (χ3n) is 6.52. The van der Waals surface area contributed by atoms with Gasteiger partial charge in [0.2, 0.25) is 0 Å². The number of rotatable bonds is 5. The summed E-state index contributed by atoms with van der Waals surface area (Å²) in [6.07, 6.45) is 10.3. The van der Waals surface area contributed by atoms with Crippen molar-refractivity contribution in [1.82, 2.24) is 24.5 Å². The number of aromatic nitrogens is 4. The molecule has 0 spiro atoms. The van der Waals surface area contributed by atoms with Crippen LogP contribution in [-0.4, -0.2) is 64.7 Å². The fraction of sp³-hybridized carbons (Fsp3) is 0.500. The highest BCUT2D eigenvalue weighted by molar-refractivity contribution is 6.36. The highest BCUT2D eigenvalue weighted by atomic mass is 16.5. The average Bonchev–Trinajstić information content (AvgIpc) is 3.20. The maximum Gasteiger partial charge on any atom is 0.151 e. The Hall–Kier alpha value is -2.45. The van der Waals surface area contributed by atoms with E-state index in [-0.39, 0.29) is 0 Å². The molecule has 156 valence electrons. The predicted molar refractivity (Wildman–Crippen MR) is 120 cm³/mol. The first kappa shape index (κ1) is 19.5. The number of pyridine rings is 1. The van der Waals surface area contributed by atoms with Gasteiger partial charge in [-0.2, -0.15) is 9.61 Å². The van der Waals surface area contributed by atoms with Crippen molar-refractivity contribution < 1.29 is 4.74 Å². The maximum atomic E-state index is 5.54. The molecule has 0 aromatic carbocycles. The van der Waals surface area contributed by atoms with Gasteiger partial charge in [0.15, 0.2) is 5.65 Å². The summed E-state index contributed by atoms with van der Waals surface area (Å²) in [4.78, 5) is 11.9. The van der Waals surface area contributed by atoms with Gasteiger partial charge in [-0.15, -0.1) is 0 Å². The first-order valence-electron chi connectivity index (χ1n) is 11.1. The molecule has 0 bridgehead atoms. The van der Waals surface area contributed by atoms with Crippen molar-refractivity contribution in [2.45, 2.75) is 44.2 Å². The van der Waals surface area contributed by atoms with Crippen molar-refractivity contribution in [2.75, 3.05) is 31.6 Å². The lowest BCUT2D eigenvalue weighted by atomic mass is 9.91. The predicted octanol–water partition coefficient (Wildman–Crippen LogP) is 1.35. The molecule has 0 saturated carbocycles. The number of hydrogen-bond acceptors (Lipinski definition) is 6. The summed E-state index contributed by atoms with van der Waals surface area (Å²) in [5.74, 6) is 1.50. The Labute approximate surface area is 178 Å². The van der Waals surface area contributed by atoms with Gasteiger partial charge in [-0.05, 0) is 55.9 Å². The van der Waals surface area contributed by atoms with Crippen molar-refractivity contribution >= 4 is 24.8 Å². The molecule has 2 fully saturated rings. The number of nitrogens with one attached hydrogen (secondary N) is 1. The highest BCUT2D eigenvalue weighted by Gasteiger charge is 2.28. The van der Waals surface area contributed by atoms with Gasteiger partial charge in [0, 0.05) is 62.1 Å². The van der Waals surface area contributed by atoms with Crippen LogP contribution in [0, 0.1) is 0 Å². The van der Waals surface area contributed by atoms with Gasteiger partial charge in [-0.3, -0.25) is 4.98 Å². The number of hydrogen-bond donors (Lipinski definition) is 1. The molecular formula is C22H29BN6O. The van der Waals surface area contributed by atoms with Crippen LogP contribution in [0.25, 0.3) is 5.65 Å². The summed E-state index contributed by atoms with van der Waals surface area (Å²) in [5, 5.41) is 8.10. The van der Waals surface area contributed by atoms with Crippen molar-refractivity contribution in [1.29, 1.82) is 0 Å². The molecule has 0 radical (unpaired) electrons. The molecule has 3 aromatic rings. The summed E-state index contributed by atoms with van der Waals surface area (Å²) in [5.41, 5.74) is 4.40. The van der Waals surface area contributed by atoms with Crippen LogP contribution < -0.4 is 10.8 Å². The third-order valence-corrected chi connectivity index (χ3v) is 6.52. The molecule has 2 aliphatic heterocycles. The summed E-state index contributed by atoms with van der Waals surface area (Å²) < 4.78 is 7.46. The fourth-order valence-electron chi connectivity index (χ4n) is 4.73. The molecule has 5 heterocycles. The smallest absolute Gasteiger partial charge is 0.151 e. The lowest BCUT2D eigenvalue weighted by Crippen LogP contribution is -2.43. The Balaban J connectivity index is 1.33. The molecule has 0 unspecified atom stereocenters. The van der Waals surface area contributed by atoms with E-state index in [1.165, 1.54) is 18.5 Å². The SMILES string of the molecule is Bc1cnn2c(NCc3cccnc3)cc(C3CCN(C4CCOCC4)CC3)nc12. The van der Waals surface area contributed by atoms with Crippen LogP contribution in [0.3, 0.4) is 0 Å². The molecule has 3 aromatic heterocycles. The zero-order valence-corrected chi connectivity index (χ0v) is 17.6. The van der Waals surface area contributed by atoms with Gasteiger partial charge in [0.1, 0.15) is 13.7 Å². The molecule has 0 aliphatic carbocycles. The Morgan fingerprint density at radius 3 is 2.73 bits per heavy atom. The Kier molecular flexibility index (Phi) is 5.68. The molecule has 30 heavy (non-hydrogen) atoms. The van der Waals surface area contributed by atoms with Crippen molar-refractivity contribution in [3.63, 3.8) is 0 Å². The van der Waals surface area contributed by atoms with Crippen LogP contribution in [0.1, 0.15) is 42.9 Å². The standard InChI is InChI=1S/C22H29BN6O/c23-19-15-26-29-21(25-14-16-2-1-7-24-13-16)12-20(27-22(19)29)17-3-8-28(9-4-17)18-5-10-30-11-6-18/h1-2,7,12-13,15,17-18,25H,3-6,8-11,14,23H2. The van der Waals surface area contributed by atoms with Crippen molar-refractivity contribution in [2.24, 2.45) is 0 Å². The Morgan fingerprint density at radius 1 is 1.13 bits per heavy atom. The fourth-order valence-corrected chi connectivity index (χ4v) is 4.73.